The number of benzene rings is 4. The average Bonchev–Trinajstić information content (AvgIpc) is 3.48. The van der Waals surface area contributed by atoms with E-state index in [2.05, 4.69) is 27.4 Å². The number of aryl methyl sites for hydroxylation is 1. The van der Waals surface area contributed by atoms with Crippen LogP contribution in [-0.4, -0.2) is 31.1 Å². The quantitative estimate of drug-likeness (QED) is 0.139. The van der Waals surface area contributed by atoms with Gasteiger partial charge in [0.05, 0.1) is 16.8 Å². The molecule has 0 radical (unpaired) electrons. The fourth-order valence-corrected chi connectivity index (χ4v) is 5.92. The molecule has 1 aromatic heterocycles. The molecule has 5 aromatic rings. The number of nitrogens with zero attached hydrogens (tertiary/aromatic N) is 1. The predicted octanol–water partition coefficient (Wildman–Crippen LogP) is 5.02. The molecule has 1 heterocycles. The maximum Gasteiger partial charge on any atom is 0.251 e. The molecule has 0 saturated carbocycles. The first-order valence-corrected chi connectivity index (χ1v) is 14.6. The highest BCUT2D eigenvalue weighted by Crippen LogP contribution is 2.25. The monoisotopic (exact) mass is 566 g/mol. The topological polar surface area (TPSA) is 118 Å². The number of rotatable bonds is 8. The van der Waals surface area contributed by atoms with Crippen LogP contribution in [0.2, 0.25) is 0 Å². The molecule has 4 aromatic carbocycles. The van der Waals surface area contributed by atoms with E-state index in [9.17, 15) is 17.6 Å². The summed E-state index contributed by atoms with van der Waals surface area (Å²) in [6, 6.07) is 20.8. The van der Waals surface area contributed by atoms with Gasteiger partial charge < -0.3 is 11.1 Å². The van der Waals surface area contributed by atoms with E-state index in [1.807, 2.05) is 24.3 Å². The Morgan fingerprint density at radius 1 is 0.927 bits per heavy atom. The molecule has 1 amide bonds. The number of fused-ring (bicyclic) bond motifs is 1. The van der Waals surface area contributed by atoms with Gasteiger partial charge >= 0.3 is 0 Å². The third kappa shape index (κ3) is 6.99. The molecule has 7 nitrogen and oxygen atoms in total. The summed E-state index contributed by atoms with van der Waals surface area (Å²) >= 11 is 0. The van der Waals surface area contributed by atoms with Crippen LogP contribution < -0.4 is 11.1 Å². The second kappa shape index (κ2) is 12.1. The van der Waals surface area contributed by atoms with Crippen molar-refractivity contribution in [3.8, 4) is 11.8 Å². The molecule has 0 aliphatic heterocycles. The lowest BCUT2D eigenvalue weighted by atomic mass is 10.1. The zero-order valence-corrected chi connectivity index (χ0v) is 22.8. The number of nitrogen functional groups attached to an aromatic ring is 1. The van der Waals surface area contributed by atoms with Crippen molar-refractivity contribution in [2.24, 2.45) is 0 Å². The van der Waals surface area contributed by atoms with E-state index < -0.39 is 15.7 Å². The van der Waals surface area contributed by atoms with Crippen LogP contribution in [0.3, 0.4) is 0 Å². The Bertz CT molecular complexity index is 1870. The number of aromatic amines is 1. The summed E-state index contributed by atoms with van der Waals surface area (Å²) in [6.45, 7) is 0.439. The minimum absolute atomic E-state index is 0.0148. The van der Waals surface area contributed by atoms with Crippen LogP contribution in [0.15, 0.2) is 96.2 Å². The molecule has 0 atom stereocenters. The molecule has 0 fully saturated rings. The Morgan fingerprint density at radius 2 is 1.71 bits per heavy atom. The number of H-pyrrole nitrogens is 1. The summed E-state index contributed by atoms with van der Waals surface area (Å²) in [5.41, 5.74) is 9.14. The third-order valence-electron chi connectivity index (χ3n) is 6.53. The van der Waals surface area contributed by atoms with Gasteiger partial charge in [-0.1, -0.05) is 36.1 Å². The van der Waals surface area contributed by atoms with Gasteiger partial charge in [-0.05, 0) is 89.3 Å². The summed E-state index contributed by atoms with van der Waals surface area (Å²) < 4.78 is 40.6. The maximum atomic E-state index is 13.6. The van der Waals surface area contributed by atoms with Gasteiger partial charge in [0.2, 0.25) is 0 Å². The highest BCUT2D eigenvalue weighted by molar-refractivity contribution is 7.90. The summed E-state index contributed by atoms with van der Waals surface area (Å²) in [5.74, 6) is 4.81. The van der Waals surface area contributed by atoms with Crippen molar-refractivity contribution in [1.82, 2.24) is 15.5 Å². The van der Waals surface area contributed by atoms with Gasteiger partial charge in [-0.3, -0.25) is 9.89 Å². The number of sulfone groups is 1. The highest BCUT2D eigenvalue weighted by atomic mass is 32.2. The number of nitrogens with one attached hydrogen (secondary N) is 2. The number of carbonyl (C=O) groups is 1. The Kier molecular flexibility index (Phi) is 8.13. The van der Waals surface area contributed by atoms with Crippen LogP contribution in [0, 0.1) is 17.7 Å². The molecule has 206 valence electrons. The first kappa shape index (κ1) is 27.6. The lowest BCUT2D eigenvalue weighted by Crippen LogP contribution is -2.25. The van der Waals surface area contributed by atoms with Crippen molar-refractivity contribution < 1.29 is 17.6 Å². The van der Waals surface area contributed by atoms with Crippen molar-refractivity contribution in [3.05, 3.63) is 125 Å². The van der Waals surface area contributed by atoms with E-state index in [1.54, 1.807) is 24.5 Å². The van der Waals surface area contributed by atoms with Crippen LogP contribution in [0.25, 0.3) is 10.8 Å². The number of hydrogen-bond donors (Lipinski definition) is 3. The molecule has 4 N–H and O–H groups in total. The minimum Gasteiger partial charge on any atom is -0.399 e. The average molecular weight is 567 g/mol. The van der Waals surface area contributed by atoms with Gasteiger partial charge in [0, 0.05) is 35.1 Å². The molecule has 0 spiro atoms. The molecule has 0 unspecified atom stereocenters. The van der Waals surface area contributed by atoms with Crippen molar-refractivity contribution in [1.29, 1.82) is 0 Å². The molecule has 5 rings (SSSR count). The molecule has 0 aliphatic rings. The second-order valence-electron chi connectivity index (χ2n) is 9.63. The van der Waals surface area contributed by atoms with Gasteiger partial charge in [-0.15, -0.1) is 0 Å². The predicted molar refractivity (Wildman–Crippen MR) is 157 cm³/mol. The number of hydrogen-bond acceptors (Lipinski definition) is 5. The number of carbonyl (C=O) groups excluding carboxylic acids is 1. The number of halogens is 1. The SMILES string of the molecule is Nc1ccc2cc(CS(=O)(=O)c3ccc(C(=O)NCCCc4cn[nH]c4)cc3C#Cc3ccc(F)cc3)ccc2c1. The molecule has 41 heavy (non-hydrogen) atoms. The number of amides is 1. The van der Waals surface area contributed by atoms with E-state index in [4.69, 9.17) is 5.73 Å². The van der Waals surface area contributed by atoms with Crippen LogP contribution in [0.4, 0.5) is 10.1 Å². The fraction of sp³-hybridized carbons (Fsp3) is 0.125. The molecular weight excluding hydrogens is 539 g/mol. The zero-order chi connectivity index (χ0) is 28.8. The maximum absolute atomic E-state index is 13.6. The number of aromatic nitrogens is 2. The second-order valence-corrected chi connectivity index (χ2v) is 11.6. The van der Waals surface area contributed by atoms with Gasteiger partial charge in [0.25, 0.3) is 5.91 Å². The Balaban J connectivity index is 1.41. The largest absolute Gasteiger partial charge is 0.399 e. The van der Waals surface area contributed by atoms with Gasteiger partial charge in [0.1, 0.15) is 5.82 Å². The Hall–Kier alpha value is -4.94. The van der Waals surface area contributed by atoms with Crippen LogP contribution in [0.5, 0.6) is 0 Å². The zero-order valence-electron chi connectivity index (χ0n) is 22.0. The smallest absolute Gasteiger partial charge is 0.251 e. The van der Waals surface area contributed by atoms with Crippen LogP contribution in [0.1, 0.15) is 39.0 Å². The first-order chi connectivity index (χ1) is 19.8. The summed E-state index contributed by atoms with van der Waals surface area (Å²) in [7, 11) is -3.85. The molecule has 0 bridgehead atoms. The summed E-state index contributed by atoms with van der Waals surface area (Å²) in [5, 5.41) is 11.3. The van der Waals surface area contributed by atoms with E-state index in [1.165, 1.54) is 42.5 Å². The number of nitrogens with two attached hydrogens (primary N) is 1. The van der Waals surface area contributed by atoms with Gasteiger partial charge in [-0.25, -0.2) is 12.8 Å². The summed E-state index contributed by atoms with van der Waals surface area (Å²) in [4.78, 5) is 12.9. The van der Waals surface area contributed by atoms with E-state index in [0.29, 0.717) is 35.3 Å². The van der Waals surface area contributed by atoms with Crippen LogP contribution >= 0.6 is 0 Å². The lowest BCUT2D eigenvalue weighted by Gasteiger charge is -2.11. The van der Waals surface area contributed by atoms with Gasteiger partial charge in [0.15, 0.2) is 9.84 Å². The highest BCUT2D eigenvalue weighted by Gasteiger charge is 2.21. The van der Waals surface area contributed by atoms with E-state index >= 15 is 0 Å². The third-order valence-corrected chi connectivity index (χ3v) is 8.27. The van der Waals surface area contributed by atoms with Gasteiger partial charge in [-0.2, -0.15) is 5.10 Å². The molecule has 0 saturated heterocycles. The summed E-state index contributed by atoms with van der Waals surface area (Å²) in [6.07, 6.45) is 5.01. The van der Waals surface area contributed by atoms with E-state index in [-0.39, 0.29) is 22.1 Å². The lowest BCUT2D eigenvalue weighted by molar-refractivity contribution is 0.0953. The van der Waals surface area contributed by atoms with Crippen molar-refractivity contribution in [2.75, 3.05) is 12.3 Å². The van der Waals surface area contributed by atoms with Crippen molar-refractivity contribution >= 4 is 32.2 Å². The Morgan fingerprint density at radius 3 is 2.49 bits per heavy atom. The standard InChI is InChI=1S/C32H27FN4O3S/c33-29-11-5-22(6-12-29)3-8-27-17-28(32(38)35-15-1-2-24-19-36-37-20-24)10-14-31(27)41(39,40)21-23-4-7-26-18-30(34)13-9-25(26)16-23/h4-7,9-14,16-20H,1-2,15,21,34H2,(H,35,38)(H,36,37). The molecular formula is C32H27FN4O3S. The molecule has 9 heteroatoms. The van der Waals surface area contributed by atoms with Crippen molar-refractivity contribution in [3.63, 3.8) is 0 Å². The number of anilines is 1. The first-order valence-electron chi connectivity index (χ1n) is 13.0. The minimum atomic E-state index is -3.85. The van der Waals surface area contributed by atoms with Crippen LogP contribution in [-0.2, 0) is 22.0 Å². The van der Waals surface area contributed by atoms with Crippen molar-refractivity contribution in [2.45, 2.75) is 23.5 Å². The normalized spacial score (nSPS) is 11.1. The fourth-order valence-electron chi connectivity index (χ4n) is 4.42. The Labute approximate surface area is 237 Å². The molecule has 0 aliphatic carbocycles. The van der Waals surface area contributed by atoms with E-state index in [0.717, 1.165) is 22.8 Å².